The van der Waals surface area contributed by atoms with Crippen LogP contribution in [0.1, 0.15) is 16.2 Å². The second-order valence-electron chi connectivity index (χ2n) is 6.38. The van der Waals surface area contributed by atoms with Gasteiger partial charge in [-0.25, -0.2) is 14.1 Å². The summed E-state index contributed by atoms with van der Waals surface area (Å²) in [5.41, 5.74) is 1.32. The Labute approximate surface area is 176 Å². The van der Waals surface area contributed by atoms with Gasteiger partial charge >= 0.3 is 0 Å². The van der Waals surface area contributed by atoms with Gasteiger partial charge in [-0.3, -0.25) is 4.79 Å². The van der Waals surface area contributed by atoms with Crippen molar-refractivity contribution in [3.8, 4) is 16.4 Å². The first kappa shape index (κ1) is 19.3. The molecule has 0 saturated carbocycles. The zero-order valence-electron chi connectivity index (χ0n) is 15.4. The van der Waals surface area contributed by atoms with E-state index in [-0.39, 0.29) is 17.5 Å². The van der Waals surface area contributed by atoms with Crippen LogP contribution in [0.25, 0.3) is 16.4 Å². The topological polar surface area (TPSA) is 51.0 Å². The van der Waals surface area contributed by atoms with Crippen LogP contribution in [0, 0.1) is 5.82 Å². The van der Waals surface area contributed by atoms with Gasteiger partial charge in [0.2, 0.25) is 5.82 Å². The second-order valence-corrected chi connectivity index (χ2v) is 7.74. The minimum Gasteiger partial charge on any atom is -0.335 e. The minimum absolute atomic E-state index is 0.0345. The molecule has 0 aliphatic heterocycles. The summed E-state index contributed by atoms with van der Waals surface area (Å²) in [7, 11) is 1.67. The van der Waals surface area contributed by atoms with Gasteiger partial charge in [0.25, 0.3) is 5.91 Å². The van der Waals surface area contributed by atoms with E-state index in [0.29, 0.717) is 23.1 Å². The minimum atomic E-state index is -0.390. The van der Waals surface area contributed by atoms with Crippen molar-refractivity contribution in [3.63, 3.8) is 0 Å². The van der Waals surface area contributed by atoms with Crippen molar-refractivity contribution in [2.24, 2.45) is 0 Å². The van der Waals surface area contributed by atoms with E-state index in [0.717, 1.165) is 10.4 Å². The van der Waals surface area contributed by atoms with E-state index in [1.54, 1.807) is 25.2 Å². The summed E-state index contributed by atoms with van der Waals surface area (Å²) in [6.45, 7) is 0.321. The molecule has 0 radical (unpaired) electrons. The Bertz CT molecular complexity index is 1160. The molecule has 0 aliphatic rings. The summed E-state index contributed by atoms with van der Waals surface area (Å²) >= 11 is 7.67. The number of nitrogens with zero attached hydrogens (tertiary/aromatic N) is 4. The lowest BCUT2D eigenvalue weighted by molar-refractivity contribution is 0.0773. The Morgan fingerprint density at radius 2 is 2.00 bits per heavy atom. The first-order valence-electron chi connectivity index (χ1n) is 8.78. The zero-order valence-corrected chi connectivity index (χ0v) is 17.0. The van der Waals surface area contributed by atoms with Crippen LogP contribution >= 0.6 is 22.9 Å². The van der Waals surface area contributed by atoms with Crippen molar-refractivity contribution in [1.29, 1.82) is 0 Å². The van der Waals surface area contributed by atoms with Gasteiger partial charge in [0.1, 0.15) is 5.82 Å². The predicted octanol–water partition coefficient (Wildman–Crippen LogP) is 5.06. The largest absolute Gasteiger partial charge is 0.335 e. The van der Waals surface area contributed by atoms with Gasteiger partial charge in [-0.2, -0.15) is 0 Å². The third-order valence-electron chi connectivity index (χ3n) is 4.30. The van der Waals surface area contributed by atoms with Gasteiger partial charge in [0, 0.05) is 18.6 Å². The highest BCUT2D eigenvalue weighted by molar-refractivity contribution is 7.13. The normalized spacial score (nSPS) is 10.9. The lowest BCUT2D eigenvalue weighted by Crippen LogP contribution is -2.27. The van der Waals surface area contributed by atoms with Crippen molar-refractivity contribution in [3.05, 3.63) is 88.3 Å². The SMILES string of the molecule is CN(Cc1ccccc1Cl)C(=O)c1nc(-c2cccs2)n(-c2cccc(F)c2)n1. The third kappa shape index (κ3) is 4.06. The number of carbonyl (C=O) groups excluding carboxylic acids is 1. The summed E-state index contributed by atoms with van der Waals surface area (Å²) < 4.78 is 15.2. The quantitative estimate of drug-likeness (QED) is 0.448. The van der Waals surface area contributed by atoms with E-state index in [4.69, 9.17) is 11.6 Å². The summed E-state index contributed by atoms with van der Waals surface area (Å²) in [6, 6.07) is 17.1. The molecule has 2 heterocycles. The highest BCUT2D eigenvalue weighted by Crippen LogP contribution is 2.26. The summed E-state index contributed by atoms with van der Waals surface area (Å²) in [5, 5.41) is 6.88. The fraction of sp³-hybridized carbons (Fsp3) is 0.0952. The van der Waals surface area contributed by atoms with Crippen LogP contribution in [0.15, 0.2) is 66.0 Å². The number of amides is 1. The maximum atomic E-state index is 13.8. The van der Waals surface area contributed by atoms with Crippen LogP contribution in [-0.4, -0.2) is 32.6 Å². The number of rotatable bonds is 5. The first-order valence-corrected chi connectivity index (χ1v) is 10.0. The van der Waals surface area contributed by atoms with E-state index in [2.05, 4.69) is 10.1 Å². The Hall–Kier alpha value is -3.03. The van der Waals surface area contributed by atoms with Crippen molar-refractivity contribution < 1.29 is 9.18 Å². The fourth-order valence-corrected chi connectivity index (χ4v) is 3.77. The Kier molecular flexibility index (Phi) is 5.42. The smallest absolute Gasteiger partial charge is 0.293 e. The number of aromatic nitrogens is 3. The molecule has 2 aromatic carbocycles. The molecular formula is C21H16ClFN4OS. The molecule has 0 aliphatic carbocycles. The number of benzene rings is 2. The lowest BCUT2D eigenvalue weighted by Gasteiger charge is -2.16. The Morgan fingerprint density at radius 3 is 2.72 bits per heavy atom. The monoisotopic (exact) mass is 426 g/mol. The van der Waals surface area contributed by atoms with Gasteiger partial charge in [-0.1, -0.05) is 41.9 Å². The molecule has 29 heavy (non-hydrogen) atoms. The van der Waals surface area contributed by atoms with Gasteiger partial charge in [-0.15, -0.1) is 16.4 Å². The van der Waals surface area contributed by atoms with E-state index in [1.165, 1.54) is 33.1 Å². The standard InChI is InChI=1S/C21H16ClFN4OS/c1-26(13-14-6-2-3-9-17(14)22)21(28)19-24-20(18-10-5-11-29-18)27(25-19)16-8-4-7-15(23)12-16/h2-12H,13H2,1H3. The number of thiophene rings is 1. The molecule has 0 atom stereocenters. The van der Waals surface area contributed by atoms with Crippen molar-refractivity contribution in [1.82, 2.24) is 19.7 Å². The Morgan fingerprint density at radius 1 is 1.17 bits per heavy atom. The van der Waals surface area contributed by atoms with Crippen LogP contribution in [0.5, 0.6) is 0 Å². The molecule has 0 bridgehead atoms. The molecule has 0 saturated heterocycles. The molecule has 146 valence electrons. The number of halogens is 2. The van der Waals surface area contributed by atoms with Crippen molar-refractivity contribution in [2.75, 3.05) is 7.05 Å². The predicted molar refractivity (Wildman–Crippen MR) is 112 cm³/mol. The van der Waals surface area contributed by atoms with Gasteiger partial charge in [0.05, 0.1) is 10.6 Å². The van der Waals surface area contributed by atoms with Gasteiger partial charge < -0.3 is 4.90 Å². The highest BCUT2D eigenvalue weighted by atomic mass is 35.5. The molecule has 0 spiro atoms. The van der Waals surface area contributed by atoms with Crippen molar-refractivity contribution in [2.45, 2.75) is 6.54 Å². The third-order valence-corrected chi connectivity index (χ3v) is 5.54. The number of hydrogen-bond donors (Lipinski definition) is 0. The molecule has 8 heteroatoms. The van der Waals surface area contributed by atoms with E-state index in [1.807, 2.05) is 35.7 Å². The van der Waals surface area contributed by atoms with E-state index >= 15 is 0 Å². The molecule has 0 N–H and O–H groups in total. The molecule has 4 aromatic rings. The van der Waals surface area contributed by atoms with E-state index < -0.39 is 0 Å². The van der Waals surface area contributed by atoms with Crippen molar-refractivity contribution >= 4 is 28.8 Å². The fourth-order valence-electron chi connectivity index (χ4n) is 2.88. The molecule has 0 unspecified atom stereocenters. The highest BCUT2D eigenvalue weighted by Gasteiger charge is 2.22. The molecule has 0 fully saturated rings. The summed E-state index contributed by atoms with van der Waals surface area (Å²) in [6.07, 6.45) is 0. The molecular weight excluding hydrogens is 411 g/mol. The maximum Gasteiger partial charge on any atom is 0.293 e. The first-order chi connectivity index (χ1) is 14.0. The van der Waals surface area contributed by atoms with Gasteiger partial charge in [-0.05, 0) is 41.3 Å². The lowest BCUT2D eigenvalue weighted by atomic mass is 10.2. The summed E-state index contributed by atoms with van der Waals surface area (Å²) in [4.78, 5) is 19.8. The van der Waals surface area contributed by atoms with Crippen LogP contribution in [0.3, 0.4) is 0 Å². The Balaban J connectivity index is 1.70. The molecule has 4 rings (SSSR count). The number of hydrogen-bond acceptors (Lipinski definition) is 4. The van der Waals surface area contributed by atoms with Crippen LogP contribution in [0.2, 0.25) is 5.02 Å². The molecule has 5 nitrogen and oxygen atoms in total. The molecule has 2 aromatic heterocycles. The second kappa shape index (κ2) is 8.14. The van der Waals surface area contributed by atoms with Crippen LogP contribution in [-0.2, 0) is 6.54 Å². The summed E-state index contributed by atoms with van der Waals surface area (Å²) in [5.74, 6) is -0.218. The van der Waals surface area contributed by atoms with Crippen LogP contribution in [0.4, 0.5) is 4.39 Å². The maximum absolute atomic E-state index is 13.8. The number of carbonyl (C=O) groups is 1. The zero-order chi connectivity index (χ0) is 20.4. The van der Waals surface area contributed by atoms with Crippen LogP contribution < -0.4 is 0 Å². The molecule has 1 amide bonds. The van der Waals surface area contributed by atoms with Gasteiger partial charge in [0.15, 0.2) is 5.82 Å². The van der Waals surface area contributed by atoms with E-state index in [9.17, 15) is 9.18 Å². The average Bonchev–Trinajstić information content (AvgIpc) is 3.39. The average molecular weight is 427 g/mol.